The highest BCUT2D eigenvalue weighted by molar-refractivity contribution is 5.48. The first kappa shape index (κ1) is 14.3. The standard InChI is InChI=1S/C16H22N4O/c17-9-13-5-6-14(10-18-13)20-8-2-3-15(20)11-19-7-1-4-16(19)12-21/h5-6,10,15-16,21H,1-4,7-8,11-12H2. The van der Waals surface area contributed by atoms with Crippen LogP contribution in [0.5, 0.6) is 0 Å². The molecule has 0 bridgehead atoms. The van der Waals surface area contributed by atoms with Crippen LogP contribution in [0.4, 0.5) is 5.69 Å². The third-order valence-corrected chi connectivity index (χ3v) is 4.73. The molecule has 0 radical (unpaired) electrons. The maximum Gasteiger partial charge on any atom is 0.140 e. The van der Waals surface area contributed by atoms with E-state index in [-0.39, 0.29) is 6.61 Å². The summed E-state index contributed by atoms with van der Waals surface area (Å²) in [4.78, 5) is 9.02. The molecule has 0 saturated carbocycles. The van der Waals surface area contributed by atoms with Crippen LogP contribution in [0.3, 0.4) is 0 Å². The van der Waals surface area contributed by atoms with Crippen molar-refractivity contribution in [3.05, 3.63) is 24.0 Å². The zero-order chi connectivity index (χ0) is 14.7. The fraction of sp³-hybridized carbons (Fsp3) is 0.625. The number of likely N-dealkylation sites (tertiary alicyclic amines) is 1. The molecule has 1 aromatic rings. The van der Waals surface area contributed by atoms with Crippen molar-refractivity contribution in [3.63, 3.8) is 0 Å². The molecule has 2 aliphatic heterocycles. The normalized spacial score (nSPS) is 26.2. The van der Waals surface area contributed by atoms with Gasteiger partial charge in [0.15, 0.2) is 0 Å². The molecule has 5 nitrogen and oxygen atoms in total. The highest BCUT2D eigenvalue weighted by Crippen LogP contribution is 2.27. The summed E-state index contributed by atoms with van der Waals surface area (Å²) in [6, 6.07) is 6.68. The van der Waals surface area contributed by atoms with E-state index in [0.717, 1.165) is 31.7 Å². The van der Waals surface area contributed by atoms with Crippen LogP contribution in [-0.2, 0) is 0 Å². The Morgan fingerprint density at radius 3 is 2.76 bits per heavy atom. The topological polar surface area (TPSA) is 63.4 Å². The van der Waals surface area contributed by atoms with E-state index in [9.17, 15) is 5.11 Å². The van der Waals surface area contributed by atoms with Gasteiger partial charge >= 0.3 is 0 Å². The van der Waals surface area contributed by atoms with Crippen molar-refractivity contribution in [2.45, 2.75) is 37.8 Å². The van der Waals surface area contributed by atoms with E-state index < -0.39 is 0 Å². The smallest absolute Gasteiger partial charge is 0.140 e. The van der Waals surface area contributed by atoms with Gasteiger partial charge in [-0.05, 0) is 44.4 Å². The molecule has 0 spiro atoms. The number of anilines is 1. The Bertz CT molecular complexity index is 510. The average Bonchev–Trinajstić information content (AvgIpc) is 3.17. The van der Waals surface area contributed by atoms with Crippen molar-refractivity contribution in [3.8, 4) is 6.07 Å². The fourth-order valence-corrected chi connectivity index (χ4v) is 3.60. The summed E-state index contributed by atoms with van der Waals surface area (Å²) in [6.07, 6.45) is 6.50. The molecule has 1 aromatic heterocycles. The second-order valence-corrected chi connectivity index (χ2v) is 5.98. The van der Waals surface area contributed by atoms with Crippen LogP contribution in [0.2, 0.25) is 0 Å². The molecule has 2 fully saturated rings. The van der Waals surface area contributed by atoms with Crippen LogP contribution < -0.4 is 4.90 Å². The van der Waals surface area contributed by atoms with Crippen LogP contribution >= 0.6 is 0 Å². The molecule has 2 atom stereocenters. The van der Waals surface area contributed by atoms with Crippen molar-refractivity contribution >= 4 is 5.69 Å². The number of aliphatic hydroxyl groups excluding tert-OH is 1. The van der Waals surface area contributed by atoms with Crippen molar-refractivity contribution in [2.24, 2.45) is 0 Å². The van der Waals surface area contributed by atoms with Gasteiger partial charge < -0.3 is 10.0 Å². The van der Waals surface area contributed by atoms with Crippen molar-refractivity contribution in [1.82, 2.24) is 9.88 Å². The van der Waals surface area contributed by atoms with Gasteiger partial charge in [-0.1, -0.05) is 0 Å². The molecule has 1 N–H and O–H groups in total. The molecule has 2 aliphatic rings. The minimum Gasteiger partial charge on any atom is -0.395 e. The number of rotatable bonds is 4. The molecular weight excluding hydrogens is 264 g/mol. The summed E-state index contributed by atoms with van der Waals surface area (Å²) >= 11 is 0. The number of nitrogens with zero attached hydrogens (tertiary/aromatic N) is 4. The first-order chi connectivity index (χ1) is 10.3. The highest BCUT2D eigenvalue weighted by Gasteiger charge is 2.31. The summed E-state index contributed by atoms with van der Waals surface area (Å²) in [5.74, 6) is 0. The van der Waals surface area contributed by atoms with Gasteiger partial charge in [-0.25, -0.2) is 4.98 Å². The van der Waals surface area contributed by atoms with Crippen LogP contribution in [-0.4, -0.2) is 53.3 Å². The molecule has 0 aromatic carbocycles. The number of nitriles is 1. The summed E-state index contributed by atoms with van der Waals surface area (Å²) < 4.78 is 0. The average molecular weight is 286 g/mol. The van der Waals surface area contributed by atoms with Gasteiger partial charge in [-0.15, -0.1) is 0 Å². The lowest BCUT2D eigenvalue weighted by Gasteiger charge is -2.32. The summed E-state index contributed by atoms with van der Waals surface area (Å²) in [5, 5.41) is 18.3. The zero-order valence-electron chi connectivity index (χ0n) is 12.3. The van der Waals surface area contributed by atoms with Crippen molar-refractivity contribution in [2.75, 3.05) is 31.1 Å². The lowest BCUT2D eigenvalue weighted by Crippen LogP contribution is -2.43. The van der Waals surface area contributed by atoms with Gasteiger partial charge in [-0.2, -0.15) is 5.26 Å². The van der Waals surface area contributed by atoms with Crippen molar-refractivity contribution in [1.29, 1.82) is 5.26 Å². The maximum atomic E-state index is 9.46. The SMILES string of the molecule is N#Cc1ccc(N2CCCC2CN2CCCC2CO)cn1. The minimum absolute atomic E-state index is 0.269. The predicted octanol–water partition coefficient (Wildman–Crippen LogP) is 1.38. The van der Waals surface area contributed by atoms with Gasteiger partial charge in [0.2, 0.25) is 0 Å². The molecule has 21 heavy (non-hydrogen) atoms. The Labute approximate surface area is 125 Å². The molecule has 3 rings (SSSR count). The monoisotopic (exact) mass is 286 g/mol. The van der Waals surface area contributed by atoms with E-state index in [2.05, 4.69) is 20.9 Å². The molecule has 0 amide bonds. The largest absolute Gasteiger partial charge is 0.395 e. The number of hydrogen-bond acceptors (Lipinski definition) is 5. The molecule has 2 saturated heterocycles. The van der Waals surface area contributed by atoms with Gasteiger partial charge in [-0.3, -0.25) is 4.90 Å². The number of aromatic nitrogens is 1. The second-order valence-electron chi connectivity index (χ2n) is 5.98. The Hall–Kier alpha value is -1.64. The third-order valence-electron chi connectivity index (χ3n) is 4.73. The minimum atomic E-state index is 0.269. The van der Waals surface area contributed by atoms with Gasteiger partial charge in [0.1, 0.15) is 11.8 Å². The van der Waals surface area contributed by atoms with Crippen LogP contribution in [0.15, 0.2) is 18.3 Å². The highest BCUT2D eigenvalue weighted by atomic mass is 16.3. The van der Waals surface area contributed by atoms with Crippen LogP contribution in [0.25, 0.3) is 0 Å². The van der Waals surface area contributed by atoms with E-state index in [1.165, 1.54) is 19.3 Å². The molecule has 3 heterocycles. The molecule has 5 heteroatoms. The molecule has 2 unspecified atom stereocenters. The quantitative estimate of drug-likeness (QED) is 0.906. The third kappa shape index (κ3) is 3.02. The Balaban J connectivity index is 1.68. The van der Waals surface area contributed by atoms with Crippen molar-refractivity contribution < 1.29 is 5.11 Å². The van der Waals surface area contributed by atoms with E-state index in [0.29, 0.717) is 17.8 Å². The van der Waals surface area contributed by atoms with E-state index >= 15 is 0 Å². The first-order valence-electron chi connectivity index (χ1n) is 7.79. The van der Waals surface area contributed by atoms with Crippen LogP contribution in [0.1, 0.15) is 31.4 Å². The first-order valence-corrected chi connectivity index (χ1v) is 7.79. The van der Waals surface area contributed by atoms with E-state index in [1.54, 1.807) is 6.07 Å². The Kier molecular flexibility index (Phi) is 4.37. The lowest BCUT2D eigenvalue weighted by molar-refractivity contribution is 0.153. The van der Waals surface area contributed by atoms with Crippen LogP contribution in [0, 0.1) is 11.3 Å². The van der Waals surface area contributed by atoms with E-state index in [1.807, 2.05) is 12.3 Å². The van der Waals surface area contributed by atoms with Gasteiger partial charge in [0.05, 0.1) is 18.5 Å². The predicted molar refractivity (Wildman–Crippen MR) is 81.0 cm³/mol. The number of aliphatic hydroxyl groups is 1. The Morgan fingerprint density at radius 1 is 1.24 bits per heavy atom. The fourth-order valence-electron chi connectivity index (χ4n) is 3.60. The summed E-state index contributed by atoms with van der Waals surface area (Å²) in [7, 11) is 0. The maximum absolute atomic E-state index is 9.46. The molecule has 0 aliphatic carbocycles. The Morgan fingerprint density at radius 2 is 2.05 bits per heavy atom. The molecule has 112 valence electrons. The number of hydrogen-bond donors (Lipinski definition) is 1. The summed E-state index contributed by atoms with van der Waals surface area (Å²) in [5.41, 5.74) is 1.57. The molecular formula is C16H22N4O. The lowest BCUT2D eigenvalue weighted by atomic mass is 10.1. The second kappa shape index (κ2) is 6.42. The van der Waals surface area contributed by atoms with Gasteiger partial charge in [0.25, 0.3) is 0 Å². The number of pyridine rings is 1. The summed E-state index contributed by atoms with van der Waals surface area (Å²) in [6.45, 7) is 3.44. The zero-order valence-corrected chi connectivity index (χ0v) is 12.3. The van der Waals surface area contributed by atoms with E-state index in [4.69, 9.17) is 5.26 Å². The van der Waals surface area contributed by atoms with Gasteiger partial charge in [0, 0.05) is 25.2 Å².